The molecule has 0 bridgehead atoms. The van der Waals surface area contributed by atoms with Crippen molar-refractivity contribution >= 4 is 23.3 Å². The van der Waals surface area contributed by atoms with Crippen molar-refractivity contribution in [2.45, 2.75) is 0 Å². The van der Waals surface area contributed by atoms with Crippen molar-refractivity contribution in [1.29, 1.82) is 0 Å². The molecule has 3 nitrogen and oxygen atoms in total. The van der Waals surface area contributed by atoms with E-state index in [-0.39, 0.29) is 5.56 Å². The molecule has 0 aliphatic heterocycles. The molecule has 6 heteroatoms. The van der Waals surface area contributed by atoms with Crippen molar-refractivity contribution in [3.05, 3.63) is 28.3 Å². The van der Waals surface area contributed by atoms with E-state index in [0.717, 1.165) is 13.2 Å². The quantitative estimate of drug-likeness (QED) is 0.448. The van der Waals surface area contributed by atoms with Crippen LogP contribution in [-0.4, -0.2) is 13.1 Å². The lowest BCUT2D eigenvalue weighted by atomic mass is 10.2. The van der Waals surface area contributed by atoms with Crippen molar-refractivity contribution in [3.63, 3.8) is 0 Å². The summed E-state index contributed by atoms with van der Waals surface area (Å²) in [6.45, 7) is 0. The van der Waals surface area contributed by atoms with Crippen molar-refractivity contribution in [2.24, 2.45) is 0 Å². The average molecular weight is 222 g/mol. The van der Waals surface area contributed by atoms with E-state index in [0.29, 0.717) is 0 Å². The van der Waals surface area contributed by atoms with Crippen LogP contribution in [0.2, 0.25) is 5.02 Å². The standard InChI is InChI=1S/C8H6ClF2NO2/c1-14-8(13)3-2-4(12)6(10)7(11)5(3)9/h2H,12H2,1H3. The van der Waals surface area contributed by atoms with E-state index in [2.05, 4.69) is 4.74 Å². The van der Waals surface area contributed by atoms with Gasteiger partial charge in [-0.05, 0) is 6.07 Å². The van der Waals surface area contributed by atoms with Gasteiger partial charge in [0.1, 0.15) is 0 Å². The first-order valence-corrected chi connectivity index (χ1v) is 3.88. The molecule has 0 unspecified atom stereocenters. The van der Waals surface area contributed by atoms with Crippen LogP contribution in [0.25, 0.3) is 0 Å². The molecule has 0 heterocycles. The molecule has 1 aromatic carbocycles. The minimum Gasteiger partial charge on any atom is -0.465 e. The molecule has 14 heavy (non-hydrogen) atoms. The number of hydrogen-bond acceptors (Lipinski definition) is 3. The van der Waals surface area contributed by atoms with Crippen molar-refractivity contribution in [1.82, 2.24) is 0 Å². The zero-order valence-electron chi connectivity index (χ0n) is 7.11. The second kappa shape index (κ2) is 3.79. The molecule has 2 N–H and O–H groups in total. The highest BCUT2D eigenvalue weighted by atomic mass is 35.5. The van der Waals surface area contributed by atoms with Crippen molar-refractivity contribution in [2.75, 3.05) is 12.8 Å². The van der Waals surface area contributed by atoms with Gasteiger partial charge in [-0.3, -0.25) is 0 Å². The summed E-state index contributed by atoms with van der Waals surface area (Å²) in [6, 6.07) is 0.923. The maximum atomic E-state index is 13.0. The summed E-state index contributed by atoms with van der Waals surface area (Å²) in [5.74, 6) is -3.50. The summed E-state index contributed by atoms with van der Waals surface area (Å²) in [5.41, 5.74) is 4.31. The van der Waals surface area contributed by atoms with Gasteiger partial charge in [0, 0.05) is 0 Å². The van der Waals surface area contributed by atoms with E-state index < -0.39 is 28.3 Å². The highest BCUT2D eigenvalue weighted by Crippen LogP contribution is 2.27. The molecule has 0 fully saturated rings. The fraction of sp³-hybridized carbons (Fsp3) is 0.125. The van der Waals surface area contributed by atoms with E-state index in [4.69, 9.17) is 17.3 Å². The number of carbonyl (C=O) groups is 1. The van der Waals surface area contributed by atoms with Crippen molar-refractivity contribution < 1.29 is 18.3 Å². The maximum absolute atomic E-state index is 13.0. The summed E-state index contributed by atoms with van der Waals surface area (Å²) in [4.78, 5) is 11.0. The predicted octanol–water partition coefficient (Wildman–Crippen LogP) is 1.99. The number of halogens is 3. The topological polar surface area (TPSA) is 52.3 Å². The number of hydrogen-bond donors (Lipinski definition) is 1. The van der Waals surface area contributed by atoms with Crippen LogP contribution in [0.5, 0.6) is 0 Å². The molecule has 0 spiro atoms. The summed E-state index contributed by atoms with van der Waals surface area (Å²) in [7, 11) is 1.09. The summed E-state index contributed by atoms with van der Waals surface area (Å²) in [6.07, 6.45) is 0. The number of esters is 1. The molecule has 0 radical (unpaired) electrons. The summed E-state index contributed by atoms with van der Waals surface area (Å²) in [5, 5.41) is -0.636. The van der Waals surface area contributed by atoms with Crippen LogP contribution >= 0.6 is 11.6 Å². The number of ether oxygens (including phenoxy) is 1. The minimum atomic E-state index is -1.35. The second-order valence-corrected chi connectivity index (χ2v) is 2.82. The molecule has 0 atom stereocenters. The summed E-state index contributed by atoms with van der Waals surface area (Å²) >= 11 is 5.37. The van der Waals surface area contributed by atoms with Gasteiger partial charge >= 0.3 is 5.97 Å². The monoisotopic (exact) mass is 221 g/mol. The average Bonchev–Trinajstić information content (AvgIpc) is 2.19. The second-order valence-electron chi connectivity index (χ2n) is 2.45. The molecule has 0 aromatic heterocycles. The number of nitrogens with two attached hydrogens (primary N) is 1. The SMILES string of the molecule is COC(=O)c1cc(N)c(F)c(F)c1Cl. The Balaban J connectivity index is 3.40. The third-order valence-electron chi connectivity index (χ3n) is 1.58. The molecule has 1 rings (SSSR count). The molecule has 0 amide bonds. The lowest BCUT2D eigenvalue weighted by Gasteiger charge is -2.05. The lowest BCUT2D eigenvalue weighted by Crippen LogP contribution is -2.07. The Morgan fingerprint density at radius 3 is 2.57 bits per heavy atom. The number of benzene rings is 1. The van der Waals surface area contributed by atoms with E-state index in [9.17, 15) is 13.6 Å². The fourth-order valence-corrected chi connectivity index (χ4v) is 1.10. The number of carbonyl (C=O) groups excluding carboxylic acids is 1. The number of nitrogen functional groups attached to an aromatic ring is 1. The van der Waals surface area contributed by atoms with Gasteiger partial charge in [-0.15, -0.1) is 0 Å². The molecule has 0 saturated heterocycles. The Bertz CT molecular complexity index is 395. The first-order chi connectivity index (χ1) is 6.49. The normalized spacial score (nSPS) is 10.0. The van der Waals surface area contributed by atoms with Crippen LogP contribution < -0.4 is 5.73 Å². The zero-order valence-corrected chi connectivity index (χ0v) is 7.86. The molecule has 0 aliphatic rings. The van der Waals surface area contributed by atoms with Gasteiger partial charge < -0.3 is 10.5 Å². The molecule has 76 valence electrons. The molecular weight excluding hydrogens is 216 g/mol. The van der Waals surface area contributed by atoms with Crippen molar-refractivity contribution in [3.8, 4) is 0 Å². The van der Waals surface area contributed by atoms with Crippen LogP contribution in [0, 0.1) is 11.6 Å². The minimum absolute atomic E-state index is 0.300. The maximum Gasteiger partial charge on any atom is 0.339 e. The molecule has 1 aromatic rings. The fourth-order valence-electron chi connectivity index (χ4n) is 0.882. The third kappa shape index (κ3) is 1.63. The first-order valence-electron chi connectivity index (χ1n) is 3.50. The summed E-state index contributed by atoms with van der Waals surface area (Å²) < 4.78 is 30.1. The third-order valence-corrected chi connectivity index (χ3v) is 1.95. The molecule has 0 aliphatic carbocycles. The highest BCUT2D eigenvalue weighted by Gasteiger charge is 2.20. The van der Waals surface area contributed by atoms with E-state index in [1.807, 2.05) is 0 Å². The number of anilines is 1. The Kier molecular flexibility index (Phi) is 2.90. The Hall–Kier alpha value is -1.36. The van der Waals surface area contributed by atoms with Crippen LogP contribution in [0.1, 0.15) is 10.4 Å². The predicted molar refractivity (Wildman–Crippen MR) is 47.1 cm³/mol. The van der Waals surface area contributed by atoms with Crippen LogP contribution in [0.3, 0.4) is 0 Å². The number of methoxy groups -OCH3 is 1. The largest absolute Gasteiger partial charge is 0.465 e. The number of rotatable bonds is 1. The first kappa shape index (κ1) is 10.7. The van der Waals surface area contributed by atoms with Crippen LogP contribution in [0.15, 0.2) is 6.07 Å². The van der Waals surface area contributed by atoms with Gasteiger partial charge in [0.2, 0.25) is 0 Å². The highest BCUT2D eigenvalue weighted by molar-refractivity contribution is 6.33. The zero-order chi connectivity index (χ0) is 10.9. The molecule has 0 saturated carbocycles. The Morgan fingerprint density at radius 1 is 1.50 bits per heavy atom. The molecular formula is C8H6ClF2NO2. The van der Waals surface area contributed by atoms with E-state index >= 15 is 0 Å². The smallest absolute Gasteiger partial charge is 0.339 e. The lowest BCUT2D eigenvalue weighted by molar-refractivity contribution is 0.0600. The van der Waals surface area contributed by atoms with Crippen LogP contribution in [-0.2, 0) is 4.74 Å². The van der Waals surface area contributed by atoms with Gasteiger partial charge in [-0.25, -0.2) is 13.6 Å². The van der Waals surface area contributed by atoms with E-state index in [1.54, 1.807) is 0 Å². The Morgan fingerprint density at radius 2 is 2.07 bits per heavy atom. The van der Waals surface area contributed by atoms with E-state index in [1.165, 1.54) is 0 Å². The van der Waals surface area contributed by atoms with Gasteiger partial charge in [0.25, 0.3) is 0 Å². The van der Waals surface area contributed by atoms with Gasteiger partial charge in [-0.2, -0.15) is 0 Å². The van der Waals surface area contributed by atoms with Gasteiger partial charge in [0.05, 0.1) is 23.4 Å². The Labute approximate surface area is 83.4 Å². The van der Waals surface area contributed by atoms with Crippen LogP contribution in [0.4, 0.5) is 14.5 Å². The van der Waals surface area contributed by atoms with Gasteiger partial charge in [-0.1, -0.05) is 11.6 Å². The van der Waals surface area contributed by atoms with Gasteiger partial charge in [0.15, 0.2) is 11.6 Å².